The Morgan fingerprint density at radius 3 is 2.94 bits per heavy atom. The SMILES string of the molecule is COc1ccc(Br)cc1C1COC(C)CN1. The Balaban J connectivity index is 2.21. The number of hydrogen-bond donors (Lipinski definition) is 1. The summed E-state index contributed by atoms with van der Waals surface area (Å²) in [5, 5.41) is 3.46. The van der Waals surface area contributed by atoms with Gasteiger partial charge in [-0.15, -0.1) is 0 Å². The van der Waals surface area contributed by atoms with Crippen LogP contribution in [0.3, 0.4) is 0 Å². The van der Waals surface area contributed by atoms with Gasteiger partial charge in [0.25, 0.3) is 0 Å². The van der Waals surface area contributed by atoms with Crippen LogP contribution in [0.5, 0.6) is 5.75 Å². The third kappa shape index (κ3) is 2.56. The van der Waals surface area contributed by atoms with Crippen LogP contribution in [0.1, 0.15) is 18.5 Å². The van der Waals surface area contributed by atoms with Crippen molar-refractivity contribution >= 4 is 15.9 Å². The van der Waals surface area contributed by atoms with Crippen molar-refractivity contribution in [2.24, 2.45) is 0 Å². The highest BCUT2D eigenvalue weighted by molar-refractivity contribution is 9.10. The molecule has 1 aromatic carbocycles. The smallest absolute Gasteiger partial charge is 0.123 e. The summed E-state index contributed by atoms with van der Waals surface area (Å²) in [7, 11) is 1.69. The van der Waals surface area contributed by atoms with E-state index in [-0.39, 0.29) is 12.1 Å². The van der Waals surface area contributed by atoms with Gasteiger partial charge in [0.1, 0.15) is 5.75 Å². The van der Waals surface area contributed by atoms with Crippen LogP contribution in [0.4, 0.5) is 0 Å². The van der Waals surface area contributed by atoms with Crippen molar-refractivity contribution in [2.45, 2.75) is 19.1 Å². The van der Waals surface area contributed by atoms with E-state index in [1.54, 1.807) is 7.11 Å². The maximum Gasteiger partial charge on any atom is 0.123 e. The summed E-state index contributed by atoms with van der Waals surface area (Å²) in [6.07, 6.45) is 0.286. The lowest BCUT2D eigenvalue weighted by Crippen LogP contribution is -2.39. The molecule has 0 aliphatic carbocycles. The minimum Gasteiger partial charge on any atom is -0.496 e. The summed E-state index contributed by atoms with van der Waals surface area (Å²) in [5.41, 5.74) is 1.14. The lowest BCUT2D eigenvalue weighted by molar-refractivity contribution is 0.0144. The second-order valence-electron chi connectivity index (χ2n) is 3.99. The zero-order valence-electron chi connectivity index (χ0n) is 9.50. The highest BCUT2D eigenvalue weighted by atomic mass is 79.9. The molecule has 2 unspecified atom stereocenters. The number of rotatable bonds is 2. The van der Waals surface area contributed by atoms with Gasteiger partial charge in [0.05, 0.1) is 25.9 Å². The molecule has 4 heteroatoms. The third-order valence-electron chi connectivity index (χ3n) is 2.77. The molecule has 16 heavy (non-hydrogen) atoms. The van der Waals surface area contributed by atoms with Gasteiger partial charge in [0.2, 0.25) is 0 Å². The monoisotopic (exact) mass is 285 g/mol. The zero-order chi connectivity index (χ0) is 11.5. The first-order valence-electron chi connectivity index (χ1n) is 5.39. The molecule has 2 atom stereocenters. The molecule has 1 saturated heterocycles. The number of nitrogens with one attached hydrogen (secondary N) is 1. The van der Waals surface area contributed by atoms with Gasteiger partial charge in [-0.3, -0.25) is 0 Å². The quantitative estimate of drug-likeness (QED) is 0.906. The van der Waals surface area contributed by atoms with Crippen molar-refractivity contribution in [2.75, 3.05) is 20.3 Å². The molecule has 1 aliphatic heterocycles. The normalized spacial score (nSPS) is 25.4. The minimum atomic E-state index is 0.212. The summed E-state index contributed by atoms with van der Waals surface area (Å²) < 4.78 is 12.1. The van der Waals surface area contributed by atoms with Gasteiger partial charge < -0.3 is 14.8 Å². The molecule has 1 aliphatic rings. The first kappa shape index (κ1) is 11.9. The van der Waals surface area contributed by atoms with Gasteiger partial charge >= 0.3 is 0 Å². The van der Waals surface area contributed by atoms with Crippen molar-refractivity contribution in [3.05, 3.63) is 28.2 Å². The first-order valence-corrected chi connectivity index (χ1v) is 6.18. The molecule has 3 nitrogen and oxygen atoms in total. The number of methoxy groups -OCH3 is 1. The number of hydrogen-bond acceptors (Lipinski definition) is 3. The molecule has 88 valence electrons. The van der Waals surface area contributed by atoms with E-state index in [1.807, 2.05) is 12.1 Å². The van der Waals surface area contributed by atoms with E-state index >= 15 is 0 Å². The largest absolute Gasteiger partial charge is 0.496 e. The van der Waals surface area contributed by atoms with Gasteiger partial charge in [-0.2, -0.15) is 0 Å². The molecule has 1 fully saturated rings. The number of morpholine rings is 1. The Labute approximate surface area is 104 Å². The van der Waals surface area contributed by atoms with Crippen LogP contribution in [0, 0.1) is 0 Å². The molecule has 1 heterocycles. The molecule has 0 aromatic heterocycles. The van der Waals surface area contributed by atoms with Crippen LogP contribution in [0.2, 0.25) is 0 Å². The van der Waals surface area contributed by atoms with Crippen LogP contribution in [-0.2, 0) is 4.74 Å². The van der Waals surface area contributed by atoms with E-state index in [4.69, 9.17) is 9.47 Å². The third-order valence-corrected chi connectivity index (χ3v) is 3.26. The summed E-state index contributed by atoms with van der Waals surface area (Å²) in [5.74, 6) is 0.902. The van der Waals surface area contributed by atoms with E-state index in [9.17, 15) is 0 Å². The zero-order valence-corrected chi connectivity index (χ0v) is 11.1. The van der Waals surface area contributed by atoms with Gasteiger partial charge in [0, 0.05) is 16.6 Å². The fourth-order valence-electron chi connectivity index (χ4n) is 1.86. The first-order chi connectivity index (χ1) is 7.70. The molecule has 2 rings (SSSR count). The lowest BCUT2D eigenvalue weighted by atomic mass is 10.0. The van der Waals surface area contributed by atoms with Crippen molar-refractivity contribution < 1.29 is 9.47 Å². The molecule has 0 amide bonds. The van der Waals surface area contributed by atoms with Crippen LogP contribution in [0.15, 0.2) is 22.7 Å². The Bertz CT molecular complexity index is 362. The minimum absolute atomic E-state index is 0.212. The predicted octanol–water partition coefficient (Wildman–Crippen LogP) is 2.51. The van der Waals surface area contributed by atoms with E-state index in [1.165, 1.54) is 0 Å². The van der Waals surface area contributed by atoms with Crippen molar-refractivity contribution in [3.8, 4) is 5.75 Å². The van der Waals surface area contributed by atoms with E-state index < -0.39 is 0 Å². The van der Waals surface area contributed by atoms with Gasteiger partial charge in [0.15, 0.2) is 0 Å². The summed E-state index contributed by atoms with van der Waals surface area (Å²) >= 11 is 3.48. The number of halogens is 1. The molecule has 0 bridgehead atoms. The topological polar surface area (TPSA) is 30.5 Å². The Hall–Kier alpha value is -0.580. The standard InChI is InChI=1S/C12H16BrNO2/c1-8-6-14-11(7-16-8)10-5-9(13)3-4-12(10)15-2/h3-5,8,11,14H,6-7H2,1-2H3. The van der Waals surface area contributed by atoms with Crippen LogP contribution < -0.4 is 10.1 Å². The summed E-state index contributed by atoms with van der Waals surface area (Å²) in [4.78, 5) is 0. The molecule has 0 spiro atoms. The Morgan fingerprint density at radius 2 is 2.31 bits per heavy atom. The molecular weight excluding hydrogens is 270 g/mol. The van der Waals surface area contributed by atoms with Gasteiger partial charge in [-0.05, 0) is 25.1 Å². The molecule has 0 radical (unpaired) electrons. The fourth-order valence-corrected chi connectivity index (χ4v) is 2.24. The highest BCUT2D eigenvalue weighted by Gasteiger charge is 2.22. The predicted molar refractivity (Wildman–Crippen MR) is 66.9 cm³/mol. The second-order valence-corrected chi connectivity index (χ2v) is 4.91. The number of benzene rings is 1. The van der Waals surface area contributed by atoms with Crippen LogP contribution in [-0.4, -0.2) is 26.4 Å². The van der Waals surface area contributed by atoms with E-state index in [0.717, 1.165) is 22.3 Å². The maximum atomic E-state index is 5.65. The summed E-state index contributed by atoms with van der Waals surface area (Å²) in [6, 6.07) is 6.24. The average Bonchev–Trinajstić information content (AvgIpc) is 2.30. The molecular formula is C12H16BrNO2. The average molecular weight is 286 g/mol. The van der Waals surface area contributed by atoms with Crippen molar-refractivity contribution in [1.29, 1.82) is 0 Å². The second kappa shape index (κ2) is 5.17. The molecule has 1 aromatic rings. The Kier molecular flexibility index (Phi) is 3.84. The van der Waals surface area contributed by atoms with Gasteiger partial charge in [-0.25, -0.2) is 0 Å². The lowest BCUT2D eigenvalue weighted by Gasteiger charge is -2.29. The van der Waals surface area contributed by atoms with Crippen molar-refractivity contribution in [3.63, 3.8) is 0 Å². The highest BCUT2D eigenvalue weighted by Crippen LogP contribution is 2.30. The van der Waals surface area contributed by atoms with Crippen molar-refractivity contribution in [1.82, 2.24) is 5.32 Å². The summed E-state index contributed by atoms with van der Waals surface area (Å²) in [6.45, 7) is 3.63. The molecule has 0 saturated carbocycles. The Morgan fingerprint density at radius 1 is 1.50 bits per heavy atom. The van der Waals surface area contributed by atoms with Crippen LogP contribution in [0.25, 0.3) is 0 Å². The molecule has 1 N–H and O–H groups in total. The maximum absolute atomic E-state index is 5.65. The number of ether oxygens (including phenoxy) is 2. The van der Waals surface area contributed by atoms with E-state index in [0.29, 0.717) is 6.61 Å². The van der Waals surface area contributed by atoms with E-state index in [2.05, 4.69) is 34.2 Å². The fraction of sp³-hybridized carbons (Fsp3) is 0.500. The van der Waals surface area contributed by atoms with Gasteiger partial charge in [-0.1, -0.05) is 15.9 Å². The van der Waals surface area contributed by atoms with Crippen LogP contribution >= 0.6 is 15.9 Å².